The zero-order valence-electron chi connectivity index (χ0n) is 7.40. The summed E-state index contributed by atoms with van der Waals surface area (Å²) >= 11 is 5.85. The van der Waals surface area contributed by atoms with E-state index in [1.54, 1.807) is 25.3 Å². The molecule has 1 aromatic heterocycles. The summed E-state index contributed by atoms with van der Waals surface area (Å²) in [6.45, 7) is 0. The van der Waals surface area contributed by atoms with Gasteiger partial charge in [0.25, 0.3) is 0 Å². The van der Waals surface area contributed by atoms with E-state index in [1.165, 1.54) is 6.39 Å². The fraction of sp³-hybridized carbons (Fsp3) is 0.111. The largest absolute Gasteiger partial charge is 0.496 e. The molecule has 0 amide bonds. The van der Waals surface area contributed by atoms with Crippen LogP contribution in [0, 0.1) is 0 Å². The lowest BCUT2D eigenvalue weighted by molar-refractivity contribution is 0.410. The third kappa shape index (κ3) is 1.56. The smallest absolute Gasteiger partial charge is 0.214 e. The molecule has 4 nitrogen and oxygen atoms in total. The summed E-state index contributed by atoms with van der Waals surface area (Å²) in [6.07, 6.45) is 1.26. The number of ether oxygens (including phenoxy) is 1. The van der Waals surface area contributed by atoms with Crippen LogP contribution in [0.3, 0.4) is 0 Å². The van der Waals surface area contributed by atoms with Gasteiger partial charge in [-0.05, 0) is 18.2 Å². The molecule has 0 unspecified atom stereocenters. The summed E-state index contributed by atoms with van der Waals surface area (Å²) in [6, 6.07) is 5.23. The third-order valence-corrected chi connectivity index (χ3v) is 2.00. The van der Waals surface area contributed by atoms with E-state index in [0.717, 1.165) is 0 Å². The van der Waals surface area contributed by atoms with Gasteiger partial charge in [0.2, 0.25) is 12.2 Å². The fourth-order valence-electron chi connectivity index (χ4n) is 1.14. The molecule has 0 saturated carbocycles. The lowest BCUT2D eigenvalue weighted by Crippen LogP contribution is -1.88. The summed E-state index contributed by atoms with van der Waals surface area (Å²) in [5.74, 6) is 1.13. The van der Waals surface area contributed by atoms with Gasteiger partial charge in [0.15, 0.2) is 0 Å². The highest BCUT2D eigenvalue weighted by atomic mass is 35.5. The Bertz CT molecular complexity index is 428. The van der Waals surface area contributed by atoms with Gasteiger partial charge in [-0.1, -0.05) is 16.8 Å². The van der Waals surface area contributed by atoms with Crippen LogP contribution in [0.2, 0.25) is 5.02 Å². The Hall–Kier alpha value is -1.55. The van der Waals surface area contributed by atoms with Crippen molar-refractivity contribution < 1.29 is 9.26 Å². The maximum absolute atomic E-state index is 5.85. The van der Waals surface area contributed by atoms with E-state index in [2.05, 4.69) is 14.7 Å². The third-order valence-electron chi connectivity index (χ3n) is 1.76. The van der Waals surface area contributed by atoms with Crippen LogP contribution >= 0.6 is 11.6 Å². The van der Waals surface area contributed by atoms with Crippen LogP contribution in [-0.2, 0) is 0 Å². The van der Waals surface area contributed by atoms with Gasteiger partial charge in [-0.15, -0.1) is 0 Å². The molecule has 5 heteroatoms. The maximum Gasteiger partial charge on any atom is 0.214 e. The Morgan fingerprint density at radius 3 is 2.93 bits per heavy atom. The Morgan fingerprint density at radius 1 is 1.43 bits per heavy atom. The van der Waals surface area contributed by atoms with E-state index in [9.17, 15) is 0 Å². The van der Waals surface area contributed by atoms with Crippen molar-refractivity contribution in [2.24, 2.45) is 0 Å². The summed E-state index contributed by atoms with van der Waals surface area (Å²) < 4.78 is 9.79. The number of hydrogen-bond donors (Lipinski definition) is 0. The van der Waals surface area contributed by atoms with Crippen LogP contribution in [0.4, 0.5) is 0 Å². The summed E-state index contributed by atoms with van der Waals surface area (Å²) in [5.41, 5.74) is 0.716. The van der Waals surface area contributed by atoms with Crippen molar-refractivity contribution in [3.63, 3.8) is 0 Å². The van der Waals surface area contributed by atoms with Gasteiger partial charge in [-0.2, -0.15) is 4.98 Å². The normalized spacial score (nSPS) is 10.1. The first-order chi connectivity index (χ1) is 6.81. The molecule has 0 radical (unpaired) electrons. The number of hydrogen-bond acceptors (Lipinski definition) is 4. The molecule has 0 atom stereocenters. The molecule has 0 saturated heterocycles. The van der Waals surface area contributed by atoms with Crippen LogP contribution in [-0.4, -0.2) is 17.3 Å². The first-order valence-corrected chi connectivity index (χ1v) is 4.29. The van der Waals surface area contributed by atoms with E-state index in [4.69, 9.17) is 16.3 Å². The minimum absolute atomic E-state index is 0.462. The zero-order chi connectivity index (χ0) is 9.97. The zero-order valence-corrected chi connectivity index (χ0v) is 8.15. The number of nitrogens with zero attached hydrogens (tertiary/aromatic N) is 2. The first-order valence-electron chi connectivity index (χ1n) is 3.91. The summed E-state index contributed by atoms with van der Waals surface area (Å²) in [4.78, 5) is 3.92. The van der Waals surface area contributed by atoms with Crippen molar-refractivity contribution in [2.75, 3.05) is 7.11 Å². The second kappa shape index (κ2) is 3.67. The van der Waals surface area contributed by atoms with Gasteiger partial charge in [-0.25, -0.2) is 0 Å². The second-order valence-corrected chi connectivity index (χ2v) is 3.04. The van der Waals surface area contributed by atoms with E-state index in [-0.39, 0.29) is 0 Å². The Kier molecular flexibility index (Phi) is 2.37. The Labute approximate surface area is 85.5 Å². The van der Waals surface area contributed by atoms with E-state index < -0.39 is 0 Å². The number of halogens is 1. The monoisotopic (exact) mass is 210 g/mol. The number of methoxy groups -OCH3 is 1. The summed E-state index contributed by atoms with van der Waals surface area (Å²) in [7, 11) is 1.58. The number of benzene rings is 1. The molecule has 14 heavy (non-hydrogen) atoms. The second-order valence-electron chi connectivity index (χ2n) is 2.60. The molecular weight excluding hydrogens is 204 g/mol. The van der Waals surface area contributed by atoms with Crippen LogP contribution in [0.15, 0.2) is 29.1 Å². The molecule has 1 aromatic carbocycles. The van der Waals surface area contributed by atoms with Crippen LogP contribution in [0.1, 0.15) is 0 Å². The Balaban J connectivity index is 2.55. The lowest BCUT2D eigenvalue weighted by Gasteiger charge is -2.04. The molecule has 0 aliphatic rings. The lowest BCUT2D eigenvalue weighted by atomic mass is 10.2. The van der Waals surface area contributed by atoms with Gasteiger partial charge in [0, 0.05) is 5.02 Å². The predicted octanol–water partition coefficient (Wildman–Crippen LogP) is 2.40. The average molecular weight is 211 g/mol. The highest BCUT2D eigenvalue weighted by Gasteiger charge is 2.10. The van der Waals surface area contributed by atoms with Gasteiger partial charge < -0.3 is 9.26 Å². The minimum atomic E-state index is 0.462. The highest BCUT2D eigenvalue weighted by Crippen LogP contribution is 2.29. The van der Waals surface area contributed by atoms with Crippen molar-refractivity contribution in [3.05, 3.63) is 29.6 Å². The molecule has 2 rings (SSSR count). The molecular formula is C9H7ClN2O2. The van der Waals surface area contributed by atoms with Crippen LogP contribution < -0.4 is 4.74 Å². The van der Waals surface area contributed by atoms with Gasteiger partial charge in [-0.3, -0.25) is 0 Å². The molecule has 0 N–H and O–H groups in total. The van der Waals surface area contributed by atoms with Crippen molar-refractivity contribution in [3.8, 4) is 17.1 Å². The van der Waals surface area contributed by atoms with Crippen molar-refractivity contribution in [2.45, 2.75) is 0 Å². The SMILES string of the molecule is COc1ccc(Cl)cc1-c1ncon1. The molecule has 1 heterocycles. The molecule has 72 valence electrons. The van der Waals surface area contributed by atoms with Gasteiger partial charge >= 0.3 is 0 Å². The van der Waals surface area contributed by atoms with E-state index in [1.807, 2.05) is 0 Å². The molecule has 2 aromatic rings. The standard InChI is InChI=1S/C9H7ClN2O2/c1-13-8-3-2-6(10)4-7(8)9-11-5-14-12-9/h2-5H,1H3. The minimum Gasteiger partial charge on any atom is -0.496 e. The number of rotatable bonds is 2. The van der Waals surface area contributed by atoms with Crippen molar-refractivity contribution in [1.29, 1.82) is 0 Å². The molecule has 0 aliphatic heterocycles. The predicted molar refractivity (Wildman–Crippen MR) is 51.3 cm³/mol. The fourth-order valence-corrected chi connectivity index (χ4v) is 1.32. The van der Waals surface area contributed by atoms with Gasteiger partial charge in [0.1, 0.15) is 5.75 Å². The van der Waals surface area contributed by atoms with Crippen molar-refractivity contribution >= 4 is 11.6 Å². The quantitative estimate of drug-likeness (QED) is 0.764. The molecule has 0 fully saturated rings. The van der Waals surface area contributed by atoms with Crippen LogP contribution in [0.5, 0.6) is 5.75 Å². The Morgan fingerprint density at radius 2 is 2.29 bits per heavy atom. The average Bonchev–Trinajstić information content (AvgIpc) is 2.70. The highest BCUT2D eigenvalue weighted by molar-refractivity contribution is 6.30. The molecule has 0 bridgehead atoms. The van der Waals surface area contributed by atoms with E-state index in [0.29, 0.717) is 22.2 Å². The molecule has 0 spiro atoms. The maximum atomic E-state index is 5.85. The topological polar surface area (TPSA) is 48.2 Å². The van der Waals surface area contributed by atoms with Crippen molar-refractivity contribution in [1.82, 2.24) is 10.1 Å². The van der Waals surface area contributed by atoms with E-state index >= 15 is 0 Å². The molecule has 0 aliphatic carbocycles. The number of aromatic nitrogens is 2. The summed E-state index contributed by atoms with van der Waals surface area (Å²) in [5, 5.41) is 4.31. The van der Waals surface area contributed by atoms with Crippen LogP contribution in [0.25, 0.3) is 11.4 Å². The van der Waals surface area contributed by atoms with Gasteiger partial charge in [0.05, 0.1) is 12.7 Å². The first kappa shape index (κ1) is 9.02.